The Kier molecular flexibility index (Phi) is 7.83. The number of methoxy groups -OCH3 is 2. The molecule has 3 aromatic carbocycles. The van der Waals surface area contributed by atoms with E-state index in [1.54, 1.807) is 66.7 Å². The van der Waals surface area contributed by atoms with Gasteiger partial charge in [0.1, 0.15) is 24.7 Å². The van der Waals surface area contributed by atoms with Crippen LogP contribution in [0.15, 0.2) is 66.7 Å². The van der Waals surface area contributed by atoms with E-state index in [0.717, 1.165) is 11.1 Å². The second-order valence-electron chi connectivity index (χ2n) is 6.93. The lowest BCUT2D eigenvalue weighted by atomic mass is 10.1. The van der Waals surface area contributed by atoms with E-state index >= 15 is 0 Å². The summed E-state index contributed by atoms with van der Waals surface area (Å²) in [6.45, 7) is 0.407. The number of hydrogen-bond donors (Lipinski definition) is 1. The summed E-state index contributed by atoms with van der Waals surface area (Å²) in [5.41, 5.74) is 3.34. The van der Waals surface area contributed by atoms with Crippen LogP contribution in [-0.2, 0) is 29.3 Å². The van der Waals surface area contributed by atoms with E-state index in [9.17, 15) is 14.7 Å². The van der Waals surface area contributed by atoms with Crippen LogP contribution in [0, 0.1) is 0 Å². The van der Waals surface area contributed by atoms with E-state index in [-0.39, 0.29) is 19.8 Å². The van der Waals surface area contributed by atoms with Gasteiger partial charge in [0.15, 0.2) is 0 Å². The Hall–Kier alpha value is -3.84. The first-order chi connectivity index (χ1) is 15.5. The summed E-state index contributed by atoms with van der Waals surface area (Å²) in [6, 6.07) is 19.1. The first-order valence-corrected chi connectivity index (χ1v) is 9.87. The van der Waals surface area contributed by atoms with Gasteiger partial charge in [0, 0.05) is 6.07 Å². The SMILES string of the molecule is COC(=O)c1ccc(COc2cc(CO)cc(OCc3ccc(C(=O)OC)cc3)c2)cc1. The zero-order valence-corrected chi connectivity index (χ0v) is 17.9. The number of ether oxygens (including phenoxy) is 4. The molecule has 0 atom stereocenters. The predicted octanol–water partition coefficient (Wildman–Crippen LogP) is 3.91. The highest BCUT2D eigenvalue weighted by atomic mass is 16.5. The summed E-state index contributed by atoms with van der Waals surface area (Å²) in [5.74, 6) is 0.305. The van der Waals surface area contributed by atoms with Crippen molar-refractivity contribution in [2.24, 2.45) is 0 Å². The van der Waals surface area contributed by atoms with Crippen molar-refractivity contribution in [2.75, 3.05) is 14.2 Å². The van der Waals surface area contributed by atoms with Gasteiger partial charge in [-0.25, -0.2) is 9.59 Å². The molecule has 1 N–H and O–H groups in total. The molecule has 0 aromatic heterocycles. The Morgan fingerprint density at radius 2 is 1.06 bits per heavy atom. The van der Waals surface area contributed by atoms with Crippen LogP contribution in [-0.4, -0.2) is 31.3 Å². The number of benzene rings is 3. The third-order valence-electron chi connectivity index (χ3n) is 4.68. The molecular formula is C25H24O7. The average molecular weight is 436 g/mol. The quantitative estimate of drug-likeness (QED) is 0.509. The van der Waals surface area contributed by atoms with Crippen LogP contribution in [0.1, 0.15) is 37.4 Å². The van der Waals surface area contributed by atoms with Crippen molar-refractivity contribution in [3.63, 3.8) is 0 Å². The summed E-state index contributed by atoms with van der Waals surface area (Å²) in [6.07, 6.45) is 0. The maximum absolute atomic E-state index is 11.5. The Labute approximate surface area is 186 Å². The molecule has 0 heterocycles. The largest absolute Gasteiger partial charge is 0.489 e. The second-order valence-corrected chi connectivity index (χ2v) is 6.93. The second kappa shape index (κ2) is 11.0. The Morgan fingerprint density at radius 1 is 0.656 bits per heavy atom. The van der Waals surface area contributed by atoms with E-state index < -0.39 is 11.9 Å². The van der Waals surface area contributed by atoms with Crippen molar-refractivity contribution in [1.29, 1.82) is 0 Å². The van der Waals surface area contributed by atoms with Gasteiger partial charge in [-0.1, -0.05) is 24.3 Å². The van der Waals surface area contributed by atoms with Crippen LogP contribution >= 0.6 is 0 Å². The highest BCUT2D eigenvalue weighted by Gasteiger charge is 2.08. The van der Waals surface area contributed by atoms with Gasteiger partial charge < -0.3 is 24.1 Å². The number of esters is 2. The maximum Gasteiger partial charge on any atom is 0.337 e. The fraction of sp³-hybridized carbons (Fsp3) is 0.200. The molecule has 32 heavy (non-hydrogen) atoms. The monoisotopic (exact) mass is 436 g/mol. The average Bonchev–Trinajstić information content (AvgIpc) is 2.85. The number of aliphatic hydroxyl groups excluding tert-OH is 1. The first-order valence-electron chi connectivity index (χ1n) is 9.87. The fourth-order valence-corrected chi connectivity index (χ4v) is 2.93. The van der Waals surface area contributed by atoms with Gasteiger partial charge in [0.05, 0.1) is 32.0 Å². The number of carbonyl (C=O) groups excluding carboxylic acids is 2. The van der Waals surface area contributed by atoms with Crippen LogP contribution < -0.4 is 9.47 Å². The minimum atomic E-state index is -0.394. The third kappa shape index (κ3) is 6.09. The maximum atomic E-state index is 11.5. The van der Waals surface area contributed by atoms with Crippen LogP contribution in [0.5, 0.6) is 11.5 Å². The topological polar surface area (TPSA) is 91.3 Å². The van der Waals surface area contributed by atoms with Gasteiger partial charge in [-0.2, -0.15) is 0 Å². The Morgan fingerprint density at radius 3 is 1.41 bits per heavy atom. The number of aliphatic hydroxyl groups is 1. The van der Waals surface area contributed by atoms with Gasteiger partial charge in [0.2, 0.25) is 0 Å². The molecule has 166 valence electrons. The van der Waals surface area contributed by atoms with E-state index in [1.807, 2.05) is 0 Å². The molecule has 7 nitrogen and oxygen atoms in total. The molecule has 0 aliphatic heterocycles. The van der Waals surface area contributed by atoms with E-state index in [2.05, 4.69) is 0 Å². The van der Waals surface area contributed by atoms with Gasteiger partial charge in [0.25, 0.3) is 0 Å². The van der Waals surface area contributed by atoms with Gasteiger partial charge in [-0.3, -0.25) is 0 Å². The molecule has 3 aromatic rings. The standard InChI is InChI=1S/C25H24O7/c1-29-24(27)20-7-3-17(4-8-20)15-31-22-11-19(14-26)12-23(13-22)32-16-18-5-9-21(10-6-18)25(28)30-2/h3-13,26H,14-16H2,1-2H3. The summed E-state index contributed by atoms with van der Waals surface area (Å²) in [4.78, 5) is 23.0. The molecule has 0 fully saturated rings. The molecule has 0 aliphatic rings. The number of hydrogen-bond acceptors (Lipinski definition) is 7. The van der Waals surface area contributed by atoms with E-state index in [1.165, 1.54) is 14.2 Å². The third-order valence-corrected chi connectivity index (χ3v) is 4.68. The summed E-state index contributed by atoms with van der Waals surface area (Å²) < 4.78 is 21.1. The van der Waals surface area contributed by atoms with Crippen LogP contribution in [0.25, 0.3) is 0 Å². The van der Waals surface area contributed by atoms with E-state index in [0.29, 0.717) is 28.2 Å². The summed E-state index contributed by atoms with van der Waals surface area (Å²) in [5, 5.41) is 9.57. The van der Waals surface area contributed by atoms with Gasteiger partial charge in [-0.15, -0.1) is 0 Å². The zero-order chi connectivity index (χ0) is 22.9. The normalized spacial score (nSPS) is 10.3. The Balaban J connectivity index is 1.63. The van der Waals surface area contributed by atoms with Crippen molar-refractivity contribution in [3.8, 4) is 11.5 Å². The highest BCUT2D eigenvalue weighted by Crippen LogP contribution is 2.25. The molecule has 0 amide bonds. The zero-order valence-electron chi connectivity index (χ0n) is 17.9. The van der Waals surface area contributed by atoms with Gasteiger partial charge in [-0.05, 0) is 53.1 Å². The van der Waals surface area contributed by atoms with Crippen molar-refractivity contribution in [3.05, 3.63) is 94.5 Å². The lowest BCUT2D eigenvalue weighted by molar-refractivity contribution is 0.0592. The lowest BCUT2D eigenvalue weighted by Gasteiger charge is -2.12. The lowest BCUT2D eigenvalue weighted by Crippen LogP contribution is -2.03. The van der Waals surface area contributed by atoms with Crippen molar-refractivity contribution in [2.45, 2.75) is 19.8 Å². The van der Waals surface area contributed by atoms with Crippen LogP contribution in [0.4, 0.5) is 0 Å². The predicted molar refractivity (Wildman–Crippen MR) is 117 cm³/mol. The van der Waals surface area contributed by atoms with Crippen LogP contribution in [0.3, 0.4) is 0 Å². The minimum absolute atomic E-state index is 0.158. The molecule has 3 rings (SSSR count). The number of carbonyl (C=O) groups is 2. The molecule has 0 aliphatic carbocycles. The van der Waals surface area contributed by atoms with Crippen molar-refractivity contribution >= 4 is 11.9 Å². The smallest absolute Gasteiger partial charge is 0.337 e. The molecule has 0 spiro atoms. The minimum Gasteiger partial charge on any atom is -0.489 e. The summed E-state index contributed by atoms with van der Waals surface area (Å²) in [7, 11) is 2.68. The molecule has 0 saturated carbocycles. The molecule has 0 radical (unpaired) electrons. The number of rotatable bonds is 9. The van der Waals surface area contributed by atoms with Crippen molar-refractivity contribution in [1.82, 2.24) is 0 Å². The van der Waals surface area contributed by atoms with Gasteiger partial charge >= 0.3 is 11.9 Å². The van der Waals surface area contributed by atoms with Crippen molar-refractivity contribution < 1.29 is 33.6 Å². The van der Waals surface area contributed by atoms with Crippen LogP contribution in [0.2, 0.25) is 0 Å². The molecular weight excluding hydrogens is 412 g/mol. The molecule has 7 heteroatoms. The molecule has 0 saturated heterocycles. The van der Waals surface area contributed by atoms with E-state index in [4.69, 9.17) is 18.9 Å². The highest BCUT2D eigenvalue weighted by molar-refractivity contribution is 5.89. The fourth-order valence-electron chi connectivity index (χ4n) is 2.93. The molecule has 0 bridgehead atoms. The Bertz CT molecular complexity index is 975. The first kappa shape index (κ1) is 22.8. The molecule has 0 unspecified atom stereocenters. The summed E-state index contributed by atoms with van der Waals surface area (Å²) >= 11 is 0.